The molecule has 0 saturated carbocycles. The maximum atomic E-state index is 13.8. The minimum absolute atomic E-state index is 0.00237. The van der Waals surface area contributed by atoms with Gasteiger partial charge in [-0.2, -0.15) is 0 Å². The molecule has 0 aliphatic heterocycles. The number of nitrogens with zero attached hydrogens (tertiary/aromatic N) is 2. The number of nitrogens with one attached hydrogen (secondary N) is 8. The van der Waals surface area contributed by atoms with Gasteiger partial charge in [-0.25, -0.2) is 19.6 Å². The number of anilines is 2. The van der Waals surface area contributed by atoms with Crippen molar-refractivity contribution in [2.24, 2.45) is 11.5 Å². The summed E-state index contributed by atoms with van der Waals surface area (Å²) >= 11 is 2.84. The van der Waals surface area contributed by atoms with Gasteiger partial charge in [-0.1, -0.05) is 152 Å². The number of alkyl carbamates (subject to hydrolysis) is 2. The van der Waals surface area contributed by atoms with Crippen LogP contribution in [-0.4, -0.2) is 136 Å². The second-order valence-electron chi connectivity index (χ2n) is 26.6. The molecule has 2 aromatic heterocycles. The van der Waals surface area contributed by atoms with Crippen LogP contribution < -0.4 is 54.0 Å². The van der Waals surface area contributed by atoms with E-state index in [1.54, 1.807) is 60.9 Å². The van der Waals surface area contributed by atoms with Gasteiger partial charge in [-0.3, -0.25) is 24.0 Å². The molecule has 2 aliphatic carbocycles. The number of carbonyl (C=O) groups excluding carboxylic acids is 7. The van der Waals surface area contributed by atoms with E-state index in [2.05, 4.69) is 59.1 Å². The van der Waals surface area contributed by atoms with Crippen molar-refractivity contribution in [3.05, 3.63) is 272 Å². The minimum Gasteiger partial charge on any atom is -0.508 e. The highest BCUT2D eigenvalue weighted by molar-refractivity contribution is 7.15. The van der Waals surface area contributed by atoms with Gasteiger partial charge in [0.25, 0.3) is 0 Å². The minimum atomic E-state index is -1.20. The van der Waals surface area contributed by atoms with Gasteiger partial charge in [0.15, 0.2) is 10.3 Å². The van der Waals surface area contributed by atoms with Crippen LogP contribution in [0.5, 0.6) is 23.0 Å². The number of rotatable bonds is 34. The van der Waals surface area contributed by atoms with Crippen LogP contribution in [0.25, 0.3) is 22.3 Å². The second kappa shape index (κ2) is 35.6. The van der Waals surface area contributed by atoms with Crippen LogP contribution >= 0.6 is 22.7 Å². The van der Waals surface area contributed by atoms with Crippen molar-refractivity contribution in [1.29, 1.82) is 0 Å². The number of primary amides is 1. The summed E-state index contributed by atoms with van der Waals surface area (Å²) in [5, 5.41) is 65.7. The lowest BCUT2D eigenvalue weighted by Crippen LogP contribution is -2.52. The largest absolute Gasteiger partial charge is 0.508 e. The molecule has 560 valence electrons. The molecule has 4 atom stereocenters. The fourth-order valence-electron chi connectivity index (χ4n) is 13.4. The first-order valence-electron chi connectivity index (χ1n) is 35.4. The van der Waals surface area contributed by atoms with Gasteiger partial charge in [-0.05, 0) is 127 Å². The van der Waals surface area contributed by atoms with E-state index in [0.29, 0.717) is 70.4 Å². The third kappa shape index (κ3) is 20.0. The molecular weight excluding hydrogens is 1430 g/mol. The number of benzene rings is 8. The molecule has 12 rings (SSSR count). The molecule has 0 saturated heterocycles. The number of carbonyl (C=O) groups is 7. The monoisotopic (exact) mass is 1510 g/mol. The van der Waals surface area contributed by atoms with Crippen molar-refractivity contribution < 1.29 is 63.5 Å². The number of aromatic hydroxyl groups is 4. The summed E-state index contributed by atoms with van der Waals surface area (Å²) in [5.41, 5.74) is 24.2. The fraction of sp³-hybridized carbons (Fsp3) is 0.232. The summed E-state index contributed by atoms with van der Waals surface area (Å²) < 4.78 is 11.5. The maximum absolute atomic E-state index is 13.8. The number of nitrogens with two attached hydrogens (primary N) is 2. The molecule has 25 nitrogen and oxygen atoms in total. The predicted octanol–water partition coefficient (Wildman–Crippen LogP) is 9.06. The van der Waals surface area contributed by atoms with Crippen molar-refractivity contribution in [1.82, 2.24) is 41.9 Å². The van der Waals surface area contributed by atoms with E-state index in [0.717, 1.165) is 59.8 Å². The van der Waals surface area contributed by atoms with Crippen molar-refractivity contribution in [2.75, 3.05) is 50.0 Å². The Balaban J connectivity index is 0.564. The molecule has 27 heteroatoms. The molecule has 0 spiro atoms. The van der Waals surface area contributed by atoms with Crippen LogP contribution in [0.15, 0.2) is 207 Å². The number of hydrogen-bond acceptors (Lipinski definition) is 20. The third-order valence-electron chi connectivity index (χ3n) is 18.9. The number of amides is 7. The lowest BCUT2D eigenvalue weighted by atomic mass is 9.98. The Morgan fingerprint density at radius 3 is 1.19 bits per heavy atom. The van der Waals surface area contributed by atoms with Gasteiger partial charge in [0.2, 0.25) is 29.5 Å². The smallest absolute Gasteiger partial charge is 0.407 e. The van der Waals surface area contributed by atoms with E-state index in [1.807, 2.05) is 103 Å². The summed E-state index contributed by atoms with van der Waals surface area (Å²) in [5.74, 6) is -3.80. The summed E-state index contributed by atoms with van der Waals surface area (Å²) in [7, 11) is 0. The highest BCUT2D eigenvalue weighted by atomic mass is 32.1. The average molecular weight is 1510 g/mol. The Bertz CT molecular complexity index is 4580. The highest BCUT2D eigenvalue weighted by Crippen LogP contribution is 2.46. The van der Waals surface area contributed by atoms with Gasteiger partial charge >= 0.3 is 12.2 Å². The lowest BCUT2D eigenvalue weighted by Gasteiger charge is -2.21. The van der Waals surface area contributed by atoms with Gasteiger partial charge in [0, 0.05) is 84.9 Å². The van der Waals surface area contributed by atoms with Gasteiger partial charge in [-0.15, -0.1) is 22.7 Å². The summed E-state index contributed by atoms with van der Waals surface area (Å²) in [6, 6.07) is 49.6. The molecule has 7 amide bonds. The SMILES string of the molecule is C=C(N)[C@H](Cc1ccc(O)c(Cc2cnc(NCCCNc3ncc(Cc4cc(C[C@H](NC(=O)CNC(=O)[C@H](Cc5ccc(O)cc5)NC(=O)OCC5c6ccccc6-c6ccccc65)C(N)=O)ccc4O)s3)s2)c1)NC(=O)CNC(=O)[C@H](Cc1ccc(O)cc1)NC(=O)OCC1c2ccccc2-c2ccccc21. The third-order valence-corrected chi connectivity index (χ3v) is 20.8. The zero-order chi connectivity index (χ0) is 76.5. The van der Waals surface area contributed by atoms with E-state index >= 15 is 0 Å². The van der Waals surface area contributed by atoms with Crippen LogP contribution in [0.3, 0.4) is 0 Å². The molecule has 0 unspecified atom stereocenters. The maximum Gasteiger partial charge on any atom is 0.407 e. The first-order chi connectivity index (χ1) is 52.7. The number of phenols is 4. The number of fused-ring (bicyclic) bond motifs is 6. The topological polar surface area (TPSA) is 393 Å². The molecule has 0 radical (unpaired) electrons. The molecule has 0 fully saturated rings. The lowest BCUT2D eigenvalue weighted by molar-refractivity contribution is -0.129. The molecule has 8 aromatic carbocycles. The highest BCUT2D eigenvalue weighted by Gasteiger charge is 2.33. The van der Waals surface area contributed by atoms with E-state index in [9.17, 15) is 54.0 Å². The summed E-state index contributed by atoms with van der Waals surface area (Å²) in [6.45, 7) is 4.04. The van der Waals surface area contributed by atoms with Crippen LogP contribution in [0, 0.1) is 0 Å². The first-order valence-corrected chi connectivity index (χ1v) is 37.0. The van der Waals surface area contributed by atoms with E-state index in [4.69, 9.17) is 20.9 Å². The number of phenolic OH excluding ortho intramolecular Hbond substituents is 4. The molecular formula is C82H82N12O13S2. The van der Waals surface area contributed by atoms with Crippen LogP contribution in [-0.2, 0) is 72.0 Å². The quantitative estimate of drug-likeness (QED) is 0.0167. The molecule has 109 heavy (non-hydrogen) atoms. The van der Waals surface area contributed by atoms with Crippen LogP contribution in [0.4, 0.5) is 19.9 Å². The Hall–Kier alpha value is -12.8. The van der Waals surface area contributed by atoms with E-state index < -0.39 is 79.0 Å². The second-order valence-corrected chi connectivity index (χ2v) is 28.8. The normalized spacial score (nSPS) is 13.0. The van der Waals surface area contributed by atoms with Crippen LogP contribution in [0.1, 0.15) is 83.6 Å². The number of thiazole rings is 2. The Morgan fingerprint density at radius 1 is 0.450 bits per heavy atom. The average Bonchev–Trinajstić information content (AvgIpc) is 1.62. The van der Waals surface area contributed by atoms with Crippen molar-refractivity contribution in [3.8, 4) is 45.3 Å². The number of ether oxygens (including phenoxy) is 2. The number of aromatic nitrogens is 2. The van der Waals surface area contributed by atoms with Crippen molar-refractivity contribution in [3.63, 3.8) is 0 Å². The molecule has 10 aromatic rings. The molecule has 2 aliphatic rings. The first kappa shape index (κ1) is 75.9. The van der Waals surface area contributed by atoms with Crippen LogP contribution in [0.2, 0.25) is 0 Å². The summed E-state index contributed by atoms with van der Waals surface area (Å²) in [4.78, 5) is 105. The van der Waals surface area contributed by atoms with E-state index in [1.165, 1.54) is 53.0 Å². The van der Waals surface area contributed by atoms with Gasteiger partial charge in [0.05, 0.1) is 19.1 Å². The zero-order valence-electron chi connectivity index (χ0n) is 59.2. The fourth-order valence-corrected chi connectivity index (χ4v) is 15.1. The molecule has 2 heterocycles. The predicted molar refractivity (Wildman–Crippen MR) is 415 cm³/mol. The zero-order valence-corrected chi connectivity index (χ0v) is 60.8. The molecule has 16 N–H and O–H groups in total. The van der Waals surface area contributed by atoms with E-state index in [-0.39, 0.29) is 79.4 Å². The van der Waals surface area contributed by atoms with Gasteiger partial charge in [0.1, 0.15) is 54.3 Å². The Kier molecular flexibility index (Phi) is 24.8. The number of hydrogen-bond donors (Lipinski definition) is 14. The Labute approximate surface area is 636 Å². The molecule has 0 bridgehead atoms. The Morgan fingerprint density at radius 2 is 0.807 bits per heavy atom. The van der Waals surface area contributed by atoms with Crippen molar-refractivity contribution >= 4 is 74.7 Å². The van der Waals surface area contributed by atoms with Crippen molar-refractivity contribution in [2.45, 2.75) is 80.9 Å². The summed E-state index contributed by atoms with van der Waals surface area (Å²) in [6.07, 6.45) is 3.32. The van der Waals surface area contributed by atoms with Gasteiger partial charge < -0.3 is 83.9 Å². The standard InChI is InChI=1S/C82H82N12O13S2/c1-47(83)68(91-74(99)43-87-77(102)70(35-48-19-25-54(95)26-20-48)93-81(104)106-45-66-62-15-6-2-11-58(62)59-12-3-7-16-63(59)66)37-50-23-29-72(97)52(33-50)39-56-41-89-79(108-56)85-31-10-32-86-80-90-42-57(109-80)40-53-34-51(24-30-73(53)98)38-69(76(84)101)92-75(100)44-88-78(103)71(36-49-21-27-55(96)28-22-49)94-82(105)107-46-67-64-17-8-4-13-60(64)61-14-5-9-18-65(61)67/h2-9,11-30,33-34,41-42,66-71,95-98H,1,10,31-32,35-40,43-46,83H2,(H2,84,101)(H,85,89)(H,86,90)(H,87,102)(H,88,103)(H,91,99)(H,92,100)(H,93,104)(H,94,105)/t68-,69-,70-,71-/m0/s1.